The minimum absolute atomic E-state index is 0.212. The highest BCUT2D eigenvalue weighted by atomic mass is 16.5. The normalized spacial score (nSPS) is 17.1. The van der Waals surface area contributed by atoms with Crippen molar-refractivity contribution in [3.63, 3.8) is 0 Å². The van der Waals surface area contributed by atoms with E-state index in [0.717, 1.165) is 56.3 Å². The zero-order valence-corrected chi connectivity index (χ0v) is 28.4. The van der Waals surface area contributed by atoms with Crippen molar-refractivity contribution in [2.24, 2.45) is 5.92 Å². The highest BCUT2D eigenvalue weighted by Crippen LogP contribution is 2.56. The maximum atomic E-state index is 6.62. The van der Waals surface area contributed by atoms with Crippen LogP contribution in [0.3, 0.4) is 0 Å². The van der Waals surface area contributed by atoms with Crippen molar-refractivity contribution in [3.8, 4) is 34.1 Å². The smallest absolute Gasteiger partial charge is 0.160 e. The van der Waals surface area contributed by atoms with E-state index in [9.17, 15) is 0 Å². The second-order valence-corrected chi connectivity index (χ2v) is 13.3. The minimum Gasteiger partial charge on any atom is -0.457 e. The molecular formula is C48H36N2O. The number of nitrogens with zero attached hydrogens (tertiary/aromatic N) is 2. The van der Waals surface area contributed by atoms with Gasteiger partial charge in [0.05, 0.1) is 16.8 Å². The Morgan fingerprint density at radius 1 is 0.549 bits per heavy atom. The van der Waals surface area contributed by atoms with Crippen LogP contribution in [0.5, 0.6) is 11.5 Å². The van der Waals surface area contributed by atoms with Crippen molar-refractivity contribution < 1.29 is 4.74 Å². The number of hydrogen-bond donors (Lipinski definition) is 0. The van der Waals surface area contributed by atoms with Gasteiger partial charge in [0.25, 0.3) is 0 Å². The molecule has 2 unspecified atom stereocenters. The number of benzene rings is 6. The van der Waals surface area contributed by atoms with E-state index in [1.807, 2.05) is 18.2 Å². The van der Waals surface area contributed by atoms with Crippen molar-refractivity contribution in [2.75, 3.05) is 0 Å². The molecule has 244 valence electrons. The summed E-state index contributed by atoms with van der Waals surface area (Å²) in [6.45, 7) is 2.31. The summed E-state index contributed by atoms with van der Waals surface area (Å²) in [5.74, 6) is 2.86. The molecule has 0 bridgehead atoms. The first-order valence-electron chi connectivity index (χ1n) is 17.6. The van der Waals surface area contributed by atoms with E-state index in [2.05, 4.69) is 177 Å². The first-order chi connectivity index (χ1) is 25.2. The number of ether oxygens (including phenoxy) is 1. The Kier molecular flexibility index (Phi) is 7.74. The highest BCUT2D eigenvalue weighted by Gasteiger charge is 2.46. The largest absolute Gasteiger partial charge is 0.457 e. The van der Waals surface area contributed by atoms with E-state index in [0.29, 0.717) is 5.82 Å². The monoisotopic (exact) mass is 656 g/mol. The number of hydrogen-bond acceptors (Lipinski definition) is 3. The number of fused-ring (bicyclic) bond motifs is 2. The molecule has 9 rings (SSSR count). The van der Waals surface area contributed by atoms with Gasteiger partial charge in [-0.05, 0) is 46.4 Å². The van der Waals surface area contributed by atoms with Crippen LogP contribution in [0.4, 0.5) is 0 Å². The van der Waals surface area contributed by atoms with Gasteiger partial charge in [0, 0.05) is 28.2 Å². The van der Waals surface area contributed by atoms with Gasteiger partial charge in [-0.15, -0.1) is 0 Å². The molecule has 6 aromatic carbocycles. The third-order valence-electron chi connectivity index (χ3n) is 10.5. The fraction of sp³-hybridized carbons (Fsp3) is 0.0833. The van der Waals surface area contributed by atoms with Gasteiger partial charge in [-0.1, -0.05) is 177 Å². The Labute approximate surface area is 299 Å². The van der Waals surface area contributed by atoms with Crippen LogP contribution in [-0.2, 0) is 5.41 Å². The lowest BCUT2D eigenvalue weighted by Gasteiger charge is -2.42. The van der Waals surface area contributed by atoms with Crippen LogP contribution < -0.4 is 4.74 Å². The zero-order valence-electron chi connectivity index (χ0n) is 28.4. The SMILES string of the molecule is CC1C(c2cc(-c3ccccc3C3(c4ccccc4)c4ccccc4Oc4ccccc43)nc(-c3ccccc3)n2)=CC=CC1c1ccccc1. The first-order valence-corrected chi connectivity index (χ1v) is 17.6. The zero-order chi connectivity index (χ0) is 34.2. The number of para-hydroxylation sites is 2. The summed E-state index contributed by atoms with van der Waals surface area (Å²) >= 11 is 0. The second kappa shape index (κ2) is 12.9. The summed E-state index contributed by atoms with van der Waals surface area (Å²) in [4.78, 5) is 10.7. The molecule has 3 heteroatoms. The minimum atomic E-state index is -0.681. The molecule has 2 aliphatic rings. The molecule has 0 saturated heterocycles. The van der Waals surface area contributed by atoms with Crippen LogP contribution in [0.2, 0.25) is 0 Å². The fourth-order valence-corrected chi connectivity index (χ4v) is 8.11. The Hall–Kier alpha value is -6.32. The van der Waals surface area contributed by atoms with Gasteiger partial charge in [-0.3, -0.25) is 0 Å². The van der Waals surface area contributed by atoms with E-state index in [-0.39, 0.29) is 11.8 Å². The van der Waals surface area contributed by atoms with Crippen LogP contribution in [0.15, 0.2) is 188 Å². The lowest BCUT2D eigenvalue weighted by molar-refractivity contribution is 0.434. The molecule has 0 radical (unpaired) electrons. The van der Waals surface area contributed by atoms with E-state index in [1.54, 1.807) is 0 Å². The van der Waals surface area contributed by atoms with Gasteiger partial charge in [0.1, 0.15) is 11.5 Å². The molecule has 0 amide bonds. The third-order valence-corrected chi connectivity index (χ3v) is 10.5. The summed E-state index contributed by atoms with van der Waals surface area (Å²) < 4.78 is 6.62. The lowest BCUT2D eigenvalue weighted by Crippen LogP contribution is -2.34. The van der Waals surface area contributed by atoms with E-state index in [1.165, 1.54) is 11.1 Å². The molecule has 1 aromatic heterocycles. The van der Waals surface area contributed by atoms with Gasteiger partial charge < -0.3 is 4.74 Å². The van der Waals surface area contributed by atoms with Crippen LogP contribution in [0.25, 0.3) is 28.2 Å². The first kappa shape index (κ1) is 30.7. The van der Waals surface area contributed by atoms with Crippen molar-refractivity contribution in [2.45, 2.75) is 18.3 Å². The Bertz CT molecular complexity index is 2370. The molecule has 2 heterocycles. The van der Waals surface area contributed by atoms with Gasteiger partial charge in [-0.2, -0.15) is 0 Å². The average Bonchev–Trinajstić information content (AvgIpc) is 3.21. The van der Waals surface area contributed by atoms with Crippen LogP contribution in [0.1, 0.15) is 46.4 Å². The summed E-state index contributed by atoms with van der Waals surface area (Å²) in [6.07, 6.45) is 6.72. The molecule has 0 N–H and O–H groups in total. The average molecular weight is 657 g/mol. The van der Waals surface area contributed by atoms with Crippen molar-refractivity contribution in [3.05, 3.63) is 222 Å². The maximum Gasteiger partial charge on any atom is 0.160 e. The molecule has 2 atom stereocenters. The predicted molar refractivity (Wildman–Crippen MR) is 207 cm³/mol. The molecular weight excluding hydrogens is 621 g/mol. The third kappa shape index (κ3) is 5.21. The number of rotatable bonds is 6. The van der Waals surface area contributed by atoms with Crippen LogP contribution in [-0.4, -0.2) is 9.97 Å². The highest BCUT2D eigenvalue weighted by molar-refractivity contribution is 5.80. The fourth-order valence-electron chi connectivity index (χ4n) is 8.11. The maximum absolute atomic E-state index is 6.62. The molecule has 3 nitrogen and oxygen atoms in total. The summed E-state index contributed by atoms with van der Waals surface area (Å²) in [6, 6.07) is 59.7. The van der Waals surface area contributed by atoms with E-state index >= 15 is 0 Å². The summed E-state index contributed by atoms with van der Waals surface area (Å²) in [5, 5.41) is 0. The van der Waals surface area contributed by atoms with Gasteiger partial charge in [0.15, 0.2) is 5.82 Å². The predicted octanol–water partition coefficient (Wildman–Crippen LogP) is 11.7. The van der Waals surface area contributed by atoms with Crippen molar-refractivity contribution >= 4 is 5.57 Å². The lowest BCUT2D eigenvalue weighted by atomic mass is 9.62. The van der Waals surface area contributed by atoms with E-state index in [4.69, 9.17) is 14.7 Å². The number of aromatic nitrogens is 2. The molecule has 1 aliphatic carbocycles. The van der Waals surface area contributed by atoms with Crippen LogP contribution in [0, 0.1) is 5.92 Å². The Morgan fingerprint density at radius 2 is 1.10 bits per heavy atom. The second-order valence-electron chi connectivity index (χ2n) is 13.3. The topological polar surface area (TPSA) is 35.0 Å². The Balaban J connectivity index is 1.31. The van der Waals surface area contributed by atoms with Crippen molar-refractivity contribution in [1.29, 1.82) is 0 Å². The molecule has 1 aliphatic heterocycles. The number of allylic oxidation sites excluding steroid dienone is 4. The standard InChI is InChI=1S/C48H36N2O/c1-33-37(34-18-5-2-6-19-34)25-17-26-38(33)43-32-44(50-47(49-43)35-20-7-3-8-21-35)39-24-11-12-27-40(39)48(36-22-9-4-10-23-36)41-28-13-15-30-45(41)51-46-31-16-14-29-42(46)48/h2-33,37H,1H3. The van der Waals surface area contributed by atoms with Gasteiger partial charge in [-0.25, -0.2) is 9.97 Å². The molecule has 0 saturated carbocycles. The Morgan fingerprint density at radius 3 is 1.78 bits per heavy atom. The molecule has 0 fully saturated rings. The molecule has 7 aromatic rings. The van der Waals surface area contributed by atoms with Gasteiger partial charge >= 0.3 is 0 Å². The molecule has 0 spiro atoms. The quantitative estimate of drug-likeness (QED) is 0.179. The van der Waals surface area contributed by atoms with Crippen LogP contribution >= 0.6 is 0 Å². The molecule has 51 heavy (non-hydrogen) atoms. The summed E-state index contributed by atoms with van der Waals surface area (Å²) in [5.41, 5.74) is 10.2. The summed E-state index contributed by atoms with van der Waals surface area (Å²) in [7, 11) is 0. The van der Waals surface area contributed by atoms with E-state index < -0.39 is 5.41 Å². The van der Waals surface area contributed by atoms with Crippen molar-refractivity contribution in [1.82, 2.24) is 9.97 Å². The van der Waals surface area contributed by atoms with Gasteiger partial charge in [0.2, 0.25) is 0 Å².